The Bertz CT molecular complexity index is 691. The second kappa shape index (κ2) is 9.68. The lowest BCUT2D eigenvalue weighted by Gasteiger charge is -2.13. The van der Waals surface area contributed by atoms with Gasteiger partial charge in [-0.05, 0) is 31.9 Å². The van der Waals surface area contributed by atoms with Gasteiger partial charge in [-0.25, -0.2) is 4.39 Å². The third-order valence-corrected chi connectivity index (χ3v) is 5.01. The van der Waals surface area contributed by atoms with E-state index in [0.717, 1.165) is 19.3 Å². The number of amides is 1. The van der Waals surface area contributed by atoms with Crippen LogP contribution in [0.25, 0.3) is 6.08 Å². The van der Waals surface area contributed by atoms with Crippen LogP contribution >= 0.6 is 24.0 Å². The molecule has 1 saturated heterocycles. The zero-order valence-corrected chi connectivity index (χ0v) is 15.6. The standard InChI is InChI=1S/C18H20FNO3S2/c1-2-23-16(21)10-4-3-7-11-20-17(22)15(25-18(20)24)12-13-8-5-6-9-14(13)19/h5-6,8-9,12H,2-4,7,10-11H2,1H3/b15-12+. The fourth-order valence-electron chi connectivity index (χ4n) is 2.38. The van der Waals surface area contributed by atoms with Gasteiger partial charge in [-0.3, -0.25) is 14.5 Å². The van der Waals surface area contributed by atoms with Crippen molar-refractivity contribution < 1.29 is 18.7 Å². The molecule has 0 saturated carbocycles. The van der Waals surface area contributed by atoms with E-state index in [0.29, 0.717) is 34.4 Å². The van der Waals surface area contributed by atoms with Gasteiger partial charge in [-0.15, -0.1) is 0 Å². The van der Waals surface area contributed by atoms with E-state index in [-0.39, 0.29) is 17.7 Å². The second-order valence-corrected chi connectivity index (χ2v) is 7.15. The average Bonchev–Trinajstić information content (AvgIpc) is 2.84. The number of halogens is 1. The van der Waals surface area contributed by atoms with Gasteiger partial charge < -0.3 is 4.74 Å². The summed E-state index contributed by atoms with van der Waals surface area (Å²) in [5.41, 5.74) is 0.373. The van der Waals surface area contributed by atoms with Gasteiger partial charge in [-0.1, -0.05) is 48.6 Å². The second-order valence-electron chi connectivity index (χ2n) is 5.47. The molecule has 1 aromatic carbocycles. The Morgan fingerprint density at radius 2 is 2.08 bits per heavy atom. The molecular weight excluding hydrogens is 361 g/mol. The lowest BCUT2D eigenvalue weighted by atomic mass is 10.2. The molecule has 25 heavy (non-hydrogen) atoms. The third kappa shape index (κ3) is 5.64. The molecule has 1 aliphatic heterocycles. The van der Waals surface area contributed by atoms with Gasteiger partial charge in [0.1, 0.15) is 10.1 Å². The molecule has 0 aromatic heterocycles. The molecule has 0 spiro atoms. The van der Waals surface area contributed by atoms with E-state index >= 15 is 0 Å². The van der Waals surface area contributed by atoms with Crippen LogP contribution in [0.3, 0.4) is 0 Å². The molecule has 0 bridgehead atoms. The van der Waals surface area contributed by atoms with E-state index in [2.05, 4.69) is 0 Å². The van der Waals surface area contributed by atoms with Gasteiger partial charge >= 0.3 is 5.97 Å². The van der Waals surface area contributed by atoms with E-state index in [4.69, 9.17) is 17.0 Å². The summed E-state index contributed by atoms with van der Waals surface area (Å²) in [5.74, 6) is -0.753. The molecule has 1 aliphatic rings. The van der Waals surface area contributed by atoms with Gasteiger partial charge in [0.05, 0.1) is 11.5 Å². The van der Waals surface area contributed by atoms with Gasteiger partial charge in [0.2, 0.25) is 0 Å². The number of unbranched alkanes of at least 4 members (excludes halogenated alkanes) is 2. The van der Waals surface area contributed by atoms with E-state index in [9.17, 15) is 14.0 Å². The summed E-state index contributed by atoms with van der Waals surface area (Å²) in [5, 5.41) is 0. The molecule has 4 nitrogen and oxygen atoms in total. The van der Waals surface area contributed by atoms with E-state index in [1.807, 2.05) is 0 Å². The highest BCUT2D eigenvalue weighted by molar-refractivity contribution is 8.26. The van der Waals surface area contributed by atoms with Crippen molar-refractivity contribution in [2.75, 3.05) is 13.2 Å². The average molecular weight is 381 g/mol. The summed E-state index contributed by atoms with van der Waals surface area (Å²) in [6, 6.07) is 6.31. The van der Waals surface area contributed by atoms with Crippen LogP contribution in [0.1, 0.15) is 38.2 Å². The van der Waals surface area contributed by atoms with Crippen molar-refractivity contribution in [3.05, 3.63) is 40.6 Å². The highest BCUT2D eigenvalue weighted by Gasteiger charge is 2.31. The number of carbonyl (C=O) groups excluding carboxylic acids is 2. The molecule has 2 rings (SSSR count). The maximum Gasteiger partial charge on any atom is 0.305 e. The molecule has 1 amide bonds. The van der Waals surface area contributed by atoms with Crippen LogP contribution < -0.4 is 0 Å². The van der Waals surface area contributed by atoms with Gasteiger partial charge in [0.15, 0.2) is 0 Å². The van der Waals surface area contributed by atoms with Crippen LogP contribution in [-0.4, -0.2) is 34.2 Å². The maximum absolute atomic E-state index is 13.7. The molecule has 0 atom stereocenters. The summed E-state index contributed by atoms with van der Waals surface area (Å²) in [6.07, 6.45) is 4.20. The van der Waals surface area contributed by atoms with Crippen molar-refractivity contribution in [2.45, 2.75) is 32.6 Å². The maximum atomic E-state index is 13.7. The predicted octanol–water partition coefficient (Wildman–Crippen LogP) is 4.15. The quantitative estimate of drug-likeness (QED) is 0.293. The molecule has 7 heteroatoms. The molecule has 134 valence electrons. The minimum absolute atomic E-state index is 0.191. The zero-order valence-electron chi connectivity index (χ0n) is 14.0. The van der Waals surface area contributed by atoms with Crippen molar-refractivity contribution in [3.8, 4) is 0 Å². The number of nitrogens with zero attached hydrogens (tertiary/aromatic N) is 1. The molecule has 0 N–H and O–H groups in total. The minimum Gasteiger partial charge on any atom is -0.466 e. The summed E-state index contributed by atoms with van der Waals surface area (Å²) < 4.78 is 19.1. The Morgan fingerprint density at radius 1 is 1.32 bits per heavy atom. The predicted molar refractivity (Wildman–Crippen MR) is 101 cm³/mol. The topological polar surface area (TPSA) is 46.6 Å². The Morgan fingerprint density at radius 3 is 2.80 bits per heavy atom. The van der Waals surface area contributed by atoms with Crippen molar-refractivity contribution in [1.82, 2.24) is 4.90 Å². The summed E-state index contributed by atoms with van der Waals surface area (Å²) in [4.78, 5) is 25.7. The summed E-state index contributed by atoms with van der Waals surface area (Å²) >= 11 is 6.45. The van der Waals surface area contributed by atoms with Crippen LogP contribution in [0.5, 0.6) is 0 Å². The number of thiocarbonyl (C=S) groups is 1. The molecule has 1 heterocycles. The Labute approximate surface area is 156 Å². The summed E-state index contributed by atoms with van der Waals surface area (Å²) in [6.45, 7) is 2.67. The van der Waals surface area contributed by atoms with E-state index in [1.54, 1.807) is 25.1 Å². The molecule has 1 aromatic rings. The largest absolute Gasteiger partial charge is 0.466 e. The number of hydrogen-bond donors (Lipinski definition) is 0. The monoisotopic (exact) mass is 381 g/mol. The van der Waals surface area contributed by atoms with Crippen LogP contribution in [-0.2, 0) is 14.3 Å². The van der Waals surface area contributed by atoms with Crippen molar-refractivity contribution >= 4 is 46.3 Å². The molecule has 0 unspecified atom stereocenters. The zero-order chi connectivity index (χ0) is 18.2. The number of esters is 1. The summed E-state index contributed by atoms with van der Waals surface area (Å²) in [7, 11) is 0. The van der Waals surface area contributed by atoms with E-state index < -0.39 is 0 Å². The molecular formula is C18H20FNO3S2. The van der Waals surface area contributed by atoms with Crippen LogP contribution in [0.4, 0.5) is 4.39 Å². The molecule has 0 radical (unpaired) electrons. The SMILES string of the molecule is CCOC(=O)CCCCCN1C(=O)/C(=C\c2ccccc2F)SC1=S. The normalized spacial score (nSPS) is 15.9. The smallest absolute Gasteiger partial charge is 0.305 e. The van der Waals surface area contributed by atoms with Crippen molar-refractivity contribution in [3.63, 3.8) is 0 Å². The number of ether oxygens (including phenoxy) is 1. The van der Waals surface area contributed by atoms with Gasteiger partial charge in [0.25, 0.3) is 5.91 Å². The van der Waals surface area contributed by atoms with E-state index in [1.165, 1.54) is 28.8 Å². The third-order valence-electron chi connectivity index (χ3n) is 3.63. The Hall–Kier alpha value is -1.73. The first-order valence-corrected chi connectivity index (χ1v) is 9.41. The first-order chi connectivity index (χ1) is 12.0. The number of hydrogen-bond acceptors (Lipinski definition) is 5. The Kier molecular flexibility index (Phi) is 7.58. The van der Waals surface area contributed by atoms with Crippen LogP contribution in [0, 0.1) is 5.82 Å². The number of carbonyl (C=O) groups is 2. The Balaban J connectivity index is 1.85. The van der Waals surface area contributed by atoms with Gasteiger partial charge in [-0.2, -0.15) is 0 Å². The highest BCUT2D eigenvalue weighted by atomic mass is 32.2. The first kappa shape index (κ1) is 19.6. The highest BCUT2D eigenvalue weighted by Crippen LogP contribution is 2.33. The fraction of sp³-hybridized carbons (Fsp3) is 0.389. The van der Waals surface area contributed by atoms with Gasteiger partial charge in [0, 0.05) is 18.5 Å². The van der Waals surface area contributed by atoms with Crippen molar-refractivity contribution in [2.24, 2.45) is 0 Å². The lowest BCUT2D eigenvalue weighted by molar-refractivity contribution is -0.143. The minimum atomic E-state index is -0.369. The molecule has 1 fully saturated rings. The van der Waals surface area contributed by atoms with Crippen LogP contribution in [0.15, 0.2) is 29.2 Å². The lowest BCUT2D eigenvalue weighted by Crippen LogP contribution is -2.29. The number of rotatable bonds is 8. The number of thioether (sulfide) groups is 1. The first-order valence-electron chi connectivity index (χ1n) is 8.18. The fourth-order valence-corrected chi connectivity index (χ4v) is 3.67. The molecule has 0 aliphatic carbocycles. The van der Waals surface area contributed by atoms with Crippen molar-refractivity contribution in [1.29, 1.82) is 0 Å². The van der Waals surface area contributed by atoms with Crippen LogP contribution in [0.2, 0.25) is 0 Å². The number of benzene rings is 1.